The molecule has 5 nitrogen and oxygen atoms in total. The van der Waals surface area contributed by atoms with Crippen molar-refractivity contribution in [3.63, 3.8) is 0 Å². The Labute approximate surface area is 147 Å². The summed E-state index contributed by atoms with van der Waals surface area (Å²) in [5.74, 6) is 1.44. The summed E-state index contributed by atoms with van der Waals surface area (Å²) in [5.41, 5.74) is 5.01. The highest BCUT2D eigenvalue weighted by molar-refractivity contribution is 5.94. The molecule has 0 unspecified atom stereocenters. The Morgan fingerprint density at radius 1 is 0.800 bits per heavy atom. The Balaban J connectivity index is 1.74. The number of Topliss-reactive ketones (excluding diaryl/α,β-unsaturated/α-hetero) is 1. The Morgan fingerprint density at radius 2 is 1.40 bits per heavy atom. The van der Waals surface area contributed by atoms with Crippen molar-refractivity contribution in [1.82, 2.24) is 9.97 Å². The molecule has 3 aromatic rings. The second-order valence-electron chi connectivity index (χ2n) is 5.97. The molecule has 0 aliphatic rings. The standard InChI is InChI=1S/C20H20N4O/c1-13-4-7-18(10-14(13)2)24-20-11-19(21-12-22-20)23-17-8-5-16(6-9-17)15(3)25/h4-12H,1-3H3,(H2,21,22,23,24). The third-order valence-corrected chi connectivity index (χ3v) is 4.01. The summed E-state index contributed by atoms with van der Waals surface area (Å²) >= 11 is 0. The Kier molecular flexibility index (Phi) is 4.75. The van der Waals surface area contributed by atoms with Crippen molar-refractivity contribution in [2.75, 3.05) is 10.6 Å². The van der Waals surface area contributed by atoms with Gasteiger partial charge in [-0.05, 0) is 68.3 Å². The minimum absolute atomic E-state index is 0.0495. The van der Waals surface area contributed by atoms with E-state index in [0.717, 1.165) is 11.4 Å². The summed E-state index contributed by atoms with van der Waals surface area (Å²) in [5, 5.41) is 6.50. The van der Waals surface area contributed by atoms with E-state index in [4.69, 9.17) is 0 Å². The van der Waals surface area contributed by atoms with Gasteiger partial charge in [0, 0.05) is 23.0 Å². The molecule has 1 heterocycles. The van der Waals surface area contributed by atoms with Gasteiger partial charge in [-0.15, -0.1) is 0 Å². The molecule has 0 aliphatic carbocycles. The number of nitrogens with one attached hydrogen (secondary N) is 2. The summed E-state index contributed by atoms with van der Waals surface area (Å²) in [7, 11) is 0. The molecule has 5 heteroatoms. The Hall–Kier alpha value is -3.21. The first kappa shape index (κ1) is 16.6. The van der Waals surface area contributed by atoms with Gasteiger partial charge in [-0.1, -0.05) is 6.07 Å². The number of anilines is 4. The maximum atomic E-state index is 11.3. The third-order valence-electron chi connectivity index (χ3n) is 4.01. The molecule has 126 valence electrons. The maximum absolute atomic E-state index is 11.3. The van der Waals surface area contributed by atoms with Crippen molar-refractivity contribution in [3.8, 4) is 0 Å². The van der Waals surface area contributed by atoms with Crippen molar-refractivity contribution in [1.29, 1.82) is 0 Å². The molecular weight excluding hydrogens is 312 g/mol. The van der Waals surface area contributed by atoms with Crippen LogP contribution in [-0.4, -0.2) is 15.8 Å². The first-order valence-corrected chi connectivity index (χ1v) is 8.05. The van der Waals surface area contributed by atoms with E-state index in [-0.39, 0.29) is 5.78 Å². The quantitative estimate of drug-likeness (QED) is 0.658. The molecule has 0 saturated carbocycles. The van der Waals surface area contributed by atoms with Gasteiger partial charge < -0.3 is 10.6 Å². The molecule has 2 aromatic carbocycles. The summed E-state index contributed by atoms with van der Waals surface area (Å²) in [4.78, 5) is 19.8. The molecule has 1 aromatic heterocycles. The summed E-state index contributed by atoms with van der Waals surface area (Å²) in [6.07, 6.45) is 1.51. The van der Waals surface area contributed by atoms with E-state index in [2.05, 4.69) is 46.6 Å². The van der Waals surface area contributed by atoms with Crippen LogP contribution in [0.15, 0.2) is 54.9 Å². The van der Waals surface area contributed by atoms with E-state index < -0.39 is 0 Å². The molecule has 2 N–H and O–H groups in total. The zero-order valence-electron chi connectivity index (χ0n) is 14.5. The summed E-state index contributed by atoms with van der Waals surface area (Å²) < 4.78 is 0. The van der Waals surface area contributed by atoms with Crippen molar-refractivity contribution >= 4 is 28.8 Å². The lowest BCUT2D eigenvalue weighted by molar-refractivity contribution is 0.101. The van der Waals surface area contributed by atoms with Crippen molar-refractivity contribution in [2.45, 2.75) is 20.8 Å². The van der Waals surface area contributed by atoms with E-state index >= 15 is 0 Å². The van der Waals surface area contributed by atoms with E-state index in [1.165, 1.54) is 17.5 Å². The van der Waals surface area contributed by atoms with Crippen LogP contribution in [-0.2, 0) is 0 Å². The van der Waals surface area contributed by atoms with Crippen LogP contribution in [0, 0.1) is 13.8 Å². The zero-order chi connectivity index (χ0) is 17.8. The van der Waals surface area contributed by atoms with E-state index in [1.54, 1.807) is 19.1 Å². The normalized spacial score (nSPS) is 10.4. The number of aryl methyl sites for hydroxylation is 2. The fourth-order valence-corrected chi connectivity index (χ4v) is 2.40. The number of rotatable bonds is 5. The first-order valence-electron chi connectivity index (χ1n) is 8.05. The number of aromatic nitrogens is 2. The maximum Gasteiger partial charge on any atom is 0.159 e. The van der Waals surface area contributed by atoms with Gasteiger partial charge >= 0.3 is 0 Å². The SMILES string of the molecule is CC(=O)c1ccc(Nc2cc(Nc3ccc(C)c(C)c3)ncn2)cc1. The summed E-state index contributed by atoms with van der Waals surface area (Å²) in [6.45, 7) is 5.72. The van der Waals surface area contributed by atoms with Gasteiger partial charge in [-0.2, -0.15) is 0 Å². The average Bonchev–Trinajstić information content (AvgIpc) is 2.59. The van der Waals surface area contributed by atoms with Crippen LogP contribution < -0.4 is 10.6 Å². The van der Waals surface area contributed by atoms with E-state index in [0.29, 0.717) is 17.2 Å². The van der Waals surface area contributed by atoms with Gasteiger partial charge in [-0.3, -0.25) is 4.79 Å². The molecule has 0 spiro atoms. The Bertz CT molecular complexity index is 904. The van der Waals surface area contributed by atoms with E-state index in [9.17, 15) is 4.79 Å². The molecule has 0 amide bonds. The number of carbonyl (C=O) groups excluding carboxylic acids is 1. The van der Waals surface area contributed by atoms with Crippen LogP contribution in [0.2, 0.25) is 0 Å². The van der Waals surface area contributed by atoms with Gasteiger partial charge in [0.05, 0.1) is 0 Å². The highest BCUT2D eigenvalue weighted by Crippen LogP contribution is 2.21. The van der Waals surface area contributed by atoms with Crippen molar-refractivity contribution in [2.24, 2.45) is 0 Å². The van der Waals surface area contributed by atoms with Crippen LogP contribution in [0.4, 0.5) is 23.0 Å². The number of hydrogen-bond donors (Lipinski definition) is 2. The lowest BCUT2D eigenvalue weighted by atomic mass is 10.1. The highest BCUT2D eigenvalue weighted by Gasteiger charge is 2.03. The molecular formula is C20H20N4O. The number of nitrogens with zero attached hydrogens (tertiary/aromatic N) is 2. The van der Waals surface area contributed by atoms with Crippen LogP contribution in [0.1, 0.15) is 28.4 Å². The highest BCUT2D eigenvalue weighted by atomic mass is 16.1. The van der Waals surface area contributed by atoms with Gasteiger partial charge in [-0.25, -0.2) is 9.97 Å². The summed E-state index contributed by atoms with van der Waals surface area (Å²) in [6, 6.07) is 15.3. The molecule has 0 fully saturated rings. The van der Waals surface area contributed by atoms with Gasteiger partial charge in [0.25, 0.3) is 0 Å². The fourth-order valence-electron chi connectivity index (χ4n) is 2.40. The van der Waals surface area contributed by atoms with Crippen molar-refractivity contribution < 1.29 is 4.79 Å². The van der Waals surface area contributed by atoms with Crippen LogP contribution in [0.25, 0.3) is 0 Å². The molecule has 25 heavy (non-hydrogen) atoms. The second-order valence-corrected chi connectivity index (χ2v) is 5.97. The minimum atomic E-state index is 0.0495. The topological polar surface area (TPSA) is 66.9 Å². The number of ketones is 1. The number of benzene rings is 2. The smallest absolute Gasteiger partial charge is 0.159 e. The number of carbonyl (C=O) groups is 1. The first-order chi connectivity index (χ1) is 12.0. The van der Waals surface area contributed by atoms with Gasteiger partial charge in [0.1, 0.15) is 18.0 Å². The zero-order valence-corrected chi connectivity index (χ0v) is 14.5. The molecule has 0 radical (unpaired) electrons. The van der Waals surface area contributed by atoms with Crippen LogP contribution >= 0.6 is 0 Å². The predicted octanol–water partition coefficient (Wildman–Crippen LogP) is 4.78. The molecule has 0 atom stereocenters. The molecule has 0 aliphatic heterocycles. The van der Waals surface area contributed by atoms with Crippen molar-refractivity contribution in [3.05, 3.63) is 71.5 Å². The fraction of sp³-hybridized carbons (Fsp3) is 0.150. The minimum Gasteiger partial charge on any atom is -0.340 e. The van der Waals surface area contributed by atoms with Crippen LogP contribution in [0.5, 0.6) is 0 Å². The second kappa shape index (κ2) is 7.13. The third kappa shape index (κ3) is 4.20. The molecule has 0 saturated heterocycles. The monoisotopic (exact) mass is 332 g/mol. The van der Waals surface area contributed by atoms with Gasteiger partial charge in [0.15, 0.2) is 5.78 Å². The lowest BCUT2D eigenvalue weighted by Crippen LogP contribution is -1.99. The largest absolute Gasteiger partial charge is 0.340 e. The van der Waals surface area contributed by atoms with Gasteiger partial charge in [0.2, 0.25) is 0 Å². The van der Waals surface area contributed by atoms with E-state index in [1.807, 2.05) is 24.3 Å². The molecule has 3 rings (SSSR count). The number of hydrogen-bond acceptors (Lipinski definition) is 5. The lowest BCUT2D eigenvalue weighted by Gasteiger charge is -2.10. The molecule has 0 bridgehead atoms. The Morgan fingerprint density at radius 3 is 2.00 bits per heavy atom. The average molecular weight is 332 g/mol. The van der Waals surface area contributed by atoms with Crippen LogP contribution in [0.3, 0.4) is 0 Å². The predicted molar refractivity (Wildman–Crippen MR) is 101 cm³/mol.